The third-order valence-corrected chi connectivity index (χ3v) is 4.10. The van der Waals surface area contributed by atoms with Gasteiger partial charge in [-0.2, -0.15) is 0 Å². The summed E-state index contributed by atoms with van der Waals surface area (Å²) in [5.41, 5.74) is 1.44. The van der Waals surface area contributed by atoms with Gasteiger partial charge in [-0.3, -0.25) is 9.78 Å². The summed E-state index contributed by atoms with van der Waals surface area (Å²) in [6.07, 6.45) is 5.70. The highest BCUT2D eigenvalue weighted by atomic mass is 16.5. The van der Waals surface area contributed by atoms with Crippen molar-refractivity contribution in [3.8, 4) is 11.4 Å². The van der Waals surface area contributed by atoms with Crippen LogP contribution in [-0.4, -0.2) is 55.2 Å². The summed E-state index contributed by atoms with van der Waals surface area (Å²) in [5.74, 6) is 0.730. The second kappa shape index (κ2) is 6.68. The third kappa shape index (κ3) is 3.32. The quantitative estimate of drug-likeness (QED) is 0.715. The van der Waals surface area contributed by atoms with Crippen LogP contribution in [0.1, 0.15) is 16.8 Å². The summed E-state index contributed by atoms with van der Waals surface area (Å²) < 4.78 is 7.42. The molecule has 0 N–H and O–H groups in total. The van der Waals surface area contributed by atoms with E-state index in [9.17, 15) is 4.79 Å². The smallest absolute Gasteiger partial charge is 0.253 e. The highest BCUT2D eigenvalue weighted by Gasteiger charge is 2.28. The maximum absolute atomic E-state index is 12.7. The fraction of sp³-hybridized carbons (Fsp3) is 0.235. The third-order valence-electron chi connectivity index (χ3n) is 4.10. The van der Waals surface area contributed by atoms with Crippen molar-refractivity contribution in [1.29, 1.82) is 0 Å². The molecule has 1 atom stereocenters. The van der Waals surface area contributed by atoms with Gasteiger partial charge in [0.15, 0.2) is 0 Å². The number of tetrazole rings is 1. The van der Waals surface area contributed by atoms with Crippen LogP contribution in [0.3, 0.4) is 0 Å². The van der Waals surface area contributed by atoms with Gasteiger partial charge in [0.1, 0.15) is 18.2 Å². The van der Waals surface area contributed by atoms with Crippen molar-refractivity contribution in [2.45, 2.75) is 12.5 Å². The Balaban J connectivity index is 1.40. The minimum absolute atomic E-state index is 0.000511. The molecule has 1 fully saturated rings. The predicted molar refractivity (Wildman–Crippen MR) is 88.3 cm³/mol. The van der Waals surface area contributed by atoms with Gasteiger partial charge < -0.3 is 9.64 Å². The Kier molecular flexibility index (Phi) is 4.07. The Hall–Kier alpha value is -3.29. The van der Waals surface area contributed by atoms with Crippen molar-refractivity contribution < 1.29 is 9.53 Å². The van der Waals surface area contributed by atoms with Gasteiger partial charge in [0.25, 0.3) is 5.91 Å². The SMILES string of the molecule is O=C(c1ccc(-n2cnnn2)cc1)N1CCC(Oc2cccnc2)C1. The first-order valence-corrected chi connectivity index (χ1v) is 7.99. The molecule has 126 valence electrons. The number of amides is 1. The van der Waals surface area contributed by atoms with Gasteiger partial charge >= 0.3 is 0 Å². The first kappa shape index (κ1) is 15.3. The van der Waals surface area contributed by atoms with Crippen LogP contribution in [-0.2, 0) is 0 Å². The van der Waals surface area contributed by atoms with E-state index >= 15 is 0 Å². The Morgan fingerprint density at radius 2 is 2.08 bits per heavy atom. The summed E-state index contributed by atoms with van der Waals surface area (Å²) in [6.45, 7) is 1.25. The van der Waals surface area contributed by atoms with Crippen LogP contribution in [0.15, 0.2) is 55.1 Å². The van der Waals surface area contributed by atoms with Crippen LogP contribution in [0.4, 0.5) is 0 Å². The van der Waals surface area contributed by atoms with E-state index in [1.54, 1.807) is 29.2 Å². The van der Waals surface area contributed by atoms with Crippen molar-refractivity contribution >= 4 is 5.91 Å². The van der Waals surface area contributed by atoms with Gasteiger partial charge in [-0.15, -0.1) is 5.10 Å². The number of hydrogen-bond acceptors (Lipinski definition) is 6. The van der Waals surface area contributed by atoms with Crippen LogP contribution < -0.4 is 4.74 Å². The summed E-state index contributed by atoms with van der Waals surface area (Å²) >= 11 is 0. The molecule has 3 aromatic rings. The monoisotopic (exact) mass is 336 g/mol. The number of hydrogen-bond donors (Lipinski definition) is 0. The molecule has 8 heteroatoms. The first-order valence-electron chi connectivity index (χ1n) is 7.99. The minimum atomic E-state index is -0.00588. The van der Waals surface area contributed by atoms with E-state index in [1.165, 1.54) is 6.33 Å². The zero-order valence-electron chi connectivity index (χ0n) is 13.4. The van der Waals surface area contributed by atoms with Gasteiger partial charge in [0.05, 0.1) is 18.4 Å². The Bertz CT molecular complexity index is 835. The fourth-order valence-electron chi connectivity index (χ4n) is 2.84. The summed E-state index contributed by atoms with van der Waals surface area (Å²) in [5, 5.41) is 11.0. The highest BCUT2D eigenvalue weighted by molar-refractivity contribution is 5.94. The van der Waals surface area contributed by atoms with Crippen molar-refractivity contribution in [3.05, 3.63) is 60.7 Å². The Labute approximate surface area is 144 Å². The lowest BCUT2D eigenvalue weighted by molar-refractivity contribution is 0.0772. The molecule has 1 amide bonds. The first-order chi connectivity index (χ1) is 12.3. The number of benzene rings is 1. The Morgan fingerprint density at radius 3 is 2.80 bits per heavy atom. The van der Waals surface area contributed by atoms with Gasteiger partial charge in [0, 0.05) is 24.7 Å². The second-order valence-electron chi connectivity index (χ2n) is 5.77. The summed E-state index contributed by atoms with van der Waals surface area (Å²) in [6, 6.07) is 10.9. The number of pyridine rings is 1. The molecule has 1 unspecified atom stereocenters. The molecular weight excluding hydrogens is 320 g/mol. The molecule has 0 bridgehead atoms. The van der Waals surface area contributed by atoms with Gasteiger partial charge in [0.2, 0.25) is 0 Å². The molecule has 1 saturated heterocycles. The maximum atomic E-state index is 12.7. The lowest BCUT2D eigenvalue weighted by atomic mass is 10.2. The van der Waals surface area contributed by atoms with Gasteiger partial charge in [-0.1, -0.05) is 0 Å². The van der Waals surface area contributed by atoms with E-state index in [0.29, 0.717) is 18.7 Å². The normalized spacial score (nSPS) is 16.8. The van der Waals surface area contributed by atoms with Gasteiger partial charge in [-0.25, -0.2) is 4.68 Å². The highest BCUT2D eigenvalue weighted by Crippen LogP contribution is 2.19. The fourth-order valence-corrected chi connectivity index (χ4v) is 2.84. The topological polar surface area (TPSA) is 86.0 Å². The predicted octanol–water partition coefficient (Wildman–Crippen LogP) is 1.35. The van der Waals surface area contributed by atoms with Crippen molar-refractivity contribution in [1.82, 2.24) is 30.1 Å². The molecular formula is C17H16N6O2. The molecule has 1 aromatic carbocycles. The van der Waals surface area contributed by atoms with Crippen LogP contribution >= 0.6 is 0 Å². The molecule has 8 nitrogen and oxygen atoms in total. The summed E-state index contributed by atoms with van der Waals surface area (Å²) in [4.78, 5) is 18.5. The molecule has 1 aliphatic rings. The molecule has 0 spiro atoms. The molecule has 0 radical (unpaired) electrons. The number of rotatable bonds is 4. The standard InChI is InChI=1S/C17H16N6O2/c24-17(13-3-5-14(6-4-13)23-12-19-20-21-23)22-9-7-16(11-22)25-15-2-1-8-18-10-15/h1-6,8,10,12,16H,7,9,11H2. The second-order valence-corrected chi connectivity index (χ2v) is 5.77. The Morgan fingerprint density at radius 1 is 1.20 bits per heavy atom. The molecule has 1 aliphatic heterocycles. The number of ether oxygens (including phenoxy) is 1. The van der Waals surface area contributed by atoms with Crippen LogP contribution in [0, 0.1) is 0 Å². The zero-order valence-corrected chi connectivity index (χ0v) is 13.4. The van der Waals surface area contributed by atoms with E-state index < -0.39 is 0 Å². The number of likely N-dealkylation sites (tertiary alicyclic amines) is 1. The number of aromatic nitrogens is 5. The molecule has 0 saturated carbocycles. The maximum Gasteiger partial charge on any atom is 0.253 e. The van der Waals surface area contributed by atoms with Crippen molar-refractivity contribution in [3.63, 3.8) is 0 Å². The van der Waals surface area contributed by atoms with Crippen molar-refractivity contribution in [2.75, 3.05) is 13.1 Å². The minimum Gasteiger partial charge on any atom is -0.487 e. The van der Waals surface area contributed by atoms with Gasteiger partial charge in [-0.05, 0) is 46.8 Å². The van der Waals surface area contributed by atoms with E-state index in [4.69, 9.17) is 4.74 Å². The molecule has 0 aliphatic carbocycles. The lowest BCUT2D eigenvalue weighted by Crippen LogP contribution is -2.30. The number of carbonyl (C=O) groups excluding carboxylic acids is 1. The average molecular weight is 336 g/mol. The number of carbonyl (C=O) groups is 1. The summed E-state index contributed by atoms with van der Waals surface area (Å²) in [7, 11) is 0. The van der Waals surface area contributed by atoms with E-state index in [1.807, 2.05) is 29.2 Å². The molecule has 3 heterocycles. The number of nitrogens with zero attached hydrogens (tertiary/aromatic N) is 6. The van der Waals surface area contributed by atoms with Crippen molar-refractivity contribution in [2.24, 2.45) is 0 Å². The lowest BCUT2D eigenvalue weighted by Gasteiger charge is -2.17. The largest absolute Gasteiger partial charge is 0.487 e. The van der Waals surface area contributed by atoms with E-state index in [-0.39, 0.29) is 12.0 Å². The van der Waals surface area contributed by atoms with E-state index in [0.717, 1.165) is 17.9 Å². The van der Waals surface area contributed by atoms with Crippen LogP contribution in [0.25, 0.3) is 5.69 Å². The molecule has 25 heavy (non-hydrogen) atoms. The van der Waals surface area contributed by atoms with Crippen LogP contribution in [0.5, 0.6) is 5.75 Å². The van der Waals surface area contributed by atoms with E-state index in [2.05, 4.69) is 20.5 Å². The molecule has 2 aromatic heterocycles. The molecule has 4 rings (SSSR count). The average Bonchev–Trinajstić information content (AvgIpc) is 3.34. The van der Waals surface area contributed by atoms with Crippen LogP contribution in [0.2, 0.25) is 0 Å². The zero-order chi connectivity index (χ0) is 17.1.